The van der Waals surface area contributed by atoms with E-state index in [9.17, 15) is 18.0 Å². The van der Waals surface area contributed by atoms with Crippen LogP contribution >= 0.6 is 11.3 Å². The molecule has 110 valence electrons. The summed E-state index contributed by atoms with van der Waals surface area (Å²) in [6, 6.07) is 1.53. The Kier molecular flexibility index (Phi) is 5.86. The number of sulfonamides is 1. The summed E-state index contributed by atoms with van der Waals surface area (Å²) in [5.74, 6) is -1.67. The van der Waals surface area contributed by atoms with Gasteiger partial charge in [-0.05, 0) is 19.2 Å². The van der Waals surface area contributed by atoms with Gasteiger partial charge in [0, 0.05) is 22.9 Å². The lowest BCUT2D eigenvalue weighted by Crippen LogP contribution is -2.32. The zero-order valence-electron chi connectivity index (χ0n) is 10.6. The number of hydrogen-bond acceptors (Lipinski definition) is 5. The van der Waals surface area contributed by atoms with E-state index in [1.54, 1.807) is 5.38 Å². The number of hydrogen-bond donors (Lipinski definition) is 3. The third kappa shape index (κ3) is 5.51. The van der Waals surface area contributed by atoms with Crippen LogP contribution in [-0.2, 0) is 14.8 Å². The second-order valence-electron chi connectivity index (χ2n) is 3.69. The van der Waals surface area contributed by atoms with Crippen molar-refractivity contribution in [3.05, 3.63) is 28.0 Å². The maximum absolute atomic E-state index is 11.7. The molecular formula is C11H14N2O5S2. The van der Waals surface area contributed by atoms with Crippen molar-refractivity contribution < 1.29 is 23.1 Å². The summed E-state index contributed by atoms with van der Waals surface area (Å²) in [7, 11) is -2.05. The third-order valence-corrected chi connectivity index (χ3v) is 4.50. The normalized spacial score (nSPS) is 11.7. The second kappa shape index (κ2) is 7.17. The Labute approximate surface area is 120 Å². The first-order valence-electron chi connectivity index (χ1n) is 5.53. The minimum atomic E-state index is -3.35. The lowest BCUT2D eigenvalue weighted by Gasteiger charge is -2.04. The van der Waals surface area contributed by atoms with Crippen molar-refractivity contribution in [1.82, 2.24) is 10.0 Å². The molecule has 1 rings (SSSR count). The molecule has 0 saturated heterocycles. The lowest BCUT2D eigenvalue weighted by atomic mass is 10.3. The number of nitrogens with one attached hydrogen (secondary N) is 2. The summed E-state index contributed by atoms with van der Waals surface area (Å²) in [4.78, 5) is 22.7. The van der Waals surface area contributed by atoms with Gasteiger partial charge in [0.25, 0.3) is 5.91 Å². The van der Waals surface area contributed by atoms with Crippen molar-refractivity contribution >= 4 is 39.3 Å². The number of rotatable bonds is 7. The first-order chi connectivity index (χ1) is 9.34. The molecule has 7 nitrogen and oxygen atoms in total. The molecule has 0 atom stereocenters. The van der Waals surface area contributed by atoms with E-state index in [4.69, 9.17) is 5.11 Å². The summed E-state index contributed by atoms with van der Waals surface area (Å²) < 4.78 is 24.4. The van der Waals surface area contributed by atoms with Crippen LogP contribution in [0.5, 0.6) is 0 Å². The Morgan fingerprint density at radius 1 is 1.45 bits per heavy atom. The Bertz CT molecular complexity index is 619. The minimum Gasteiger partial charge on any atom is -0.478 e. The van der Waals surface area contributed by atoms with Gasteiger partial charge in [-0.15, -0.1) is 11.3 Å². The van der Waals surface area contributed by atoms with Crippen LogP contribution in [0.1, 0.15) is 15.2 Å². The van der Waals surface area contributed by atoms with Crippen molar-refractivity contribution in [3.63, 3.8) is 0 Å². The average Bonchev–Trinajstić information content (AvgIpc) is 2.85. The molecule has 0 radical (unpaired) electrons. The van der Waals surface area contributed by atoms with Gasteiger partial charge in [-0.2, -0.15) is 0 Å². The Morgan fingerprint density at radius 2 is 2.15 bits per heavy atom. The zero-order chi connectivity index (χ0) is 15.2. The Balaban J connectivity index is 2.54. The van der Waals surface area contributed by atoms with E-state index >= 15 is 0 Å². The SMILES string of the molecule is CNS(=O)(=O)CCNC(=O)c1csc(/C=C/C(=O)O)c1. The molecule has 1 aromatic rings. The molecule has 0 spiro atoms. The summed E-state index contributed by atoms with van der Waals surface area (Å²) in [6.07, 6.45) is 2.36. The van der Waals surface area contributed by atoms with Gasteiger partial charge in [0.2, 0.25) is 10.0 Å². The molecule has 0 saturated carbocycles. The van der Waals surface area contributed by atoms with Gasteiger partial charge in [0.05, 0.1) is 11.3 Å². The fourth-order valence-corrected chi connectivity index (χ4v) is 2.57. The first-order valence-corrected chi connectivity index (χ1v) is 8.06. The molecule has 1 heterocycles. The van der Waals surface area contributed by atoms with Gasteiger partial charge >= 0.3 is 5.97 Å². The summed E-state index contributed by atoms with van der Waals surface area (Å²) in [5, 5.41) is 12.5. The highest BCUT2D eigenvalue weighted by Crippen LogP contribution is 2.16. The van der Waals surface area contributed by atoms with Gasteiger partial charge in [-0.25, -0.2) is 17.9 Å². The van der Waals surface area contributed by atoms with Crippen molar-refractivity contribution in [1.29, 1.82) is 0 Å². The molecule has 0 aliphatic carbocycles. The predicted octanol–water partition coefficient (Wildman–Crippen LogP) is 0.125. The van der Waals surface area contributed by atoms with Crippen LogP contribution in [0, 0.1) is 0 Å². The molecule has 9 heteroatoms. The molecule has 3 N–H and O–H groups in total. The smallest absolute Gasteiger partial charge is 0.328 e. The van der Waals surface area contributed by atoms with Crippen LogP contribution in [0.15, 0.2) is 17.5 Å². The van der Waals surface area contributed by atoms with Crippen LogP contribution in [0.25, 0.3) is 6.08 Å². The highest BCUT2D eigenvalue weighted by molar-refractivity contribution is 7.89. The van der Waals surface area contributed by atoms with E-state index < -0.39 is 21.9 Å². The summed E-state index contributed by atoms with van der Waals surface area (Å²) in [6.45, 7) is -0.00183. The van der Waals surface area contributed by atoms with Crippen molar-refractivity contribution in [2.45, 2.75) is 0 Å². The van der Waals surface area contributed by atoms with E-state index in [1.165, 1.54) is 30.5 Å². The topological polar surface area (TPSA) is 113 Å². The Morgan fingerprint density at radius 3 is 2.75 bits per heavy atom. The number of carboxylic acid groups (broad SMARTS) is 1. The molecule has 0 aliphatic heterocycles. The van der Waals surface area contributed by atoms with Crippen LogP contribution in [0.3, 0.4) is 0 Å². The Hall–Kier alpha value is -1.71. The minimum absolute atomic E-state index is 0.00183. The molecule has 20 heavy (non-hydrogen) atoms. The largest absolute Gasteiger partial charge is 0.478 e. The monoisotopic (exact) mass is 318 g/mol. The number of carbonyl (C=O) groups is 2. The van der Waals surface area contributed by atoms with Crippen LogP contribution in [-0.4, -0.2) is 44.7 Å². The van der Waals surface area contributed by atoms with Gasteiger partial charge in [-0.3, -0.25) is 4.79 Å². The number of amides is 1. The molecule has 0 aromatic carbocycles. The number of aliphatic carboxylic acids is 1. The van der Waals surface area contributed by atoms with E-state index in [2.05, 4.69) is 10.0 Å². The average molecular weight is 318 g/mol. The molecule has 0 fully saturated rings. The van der Waals surface area contributed by atoms with Gasteiger partial charge < -0.3 is 10.4 Å². The molecule has 0 unspecified atom stereocenters. The fraction of sp³-hybridized carbons (Fsp3) is 0.273. The van der Waals surface area contributed by atoms with Crippen molar-refractivity contribution in [3.8, 4) is 0 Å². The quantitative estimate of drug-likeness (QED) is 0.618. The standard InChI is InChI=1S/C11H14N2O5S2/c1-12-20(17,18)5-4-13-11(16)8-6-9(19-7-8)2-3-10(14)15/h2-3,6-7,12H,4-5H2,1H3,(H,13,16)(H,14,15)/b3-2+. The van der Waals surface area contributed by atoms with E-state index in [-0.39, 0.29) is 12.3 Å². The molecule has 1 amide bonds. The maximum atomic E-state index is 11.7. The van der Waals surface area contributed by atoms with Crippen LogP contribution in [0.4, 0.5) is 0 Å². The van der Waals surface area contributed by atoms with Crippen molar-refractivity contribution in [2.24, 2.45) is 0 Å². The second-order valence-corrected chi connectivity index (χ2v) is 6.68. The summed E-state index contributed by atoms with van der Waals surface area (Å²) in [5.41, 5.74) is 0.363. The summed E-state index contributed by atoms with van der Waals surface area (Å²) >= 11 is 1.22. The van der Waals surface area contributed by atoms with Gasteiger partial charge in [-0.1, -0.05) is 0 Å². The molecule has 0 bridgehead atoms. The van der Waals surface area contributed by atoms with E-state index in [1.807, 2.05) is 0 Å². The molecule has 0 aliphatic rings. The number of thiophene rings is 1. The highest BCUT2D eigenvalue weighted by Gasteiger charge is 2.10. The predicted molar refractivity (Wildman–Crippen MR) is 76.2 cm³/mol. The van der Waals surface area contributed by atoms with E-state index in [0.29, 0.717) is 10.4 Å². The fourth-order valence-electron chi connectivity index (χ4n) is 1.22. The molecular weight excluding hydrogens is 304 g/mol. The zero-order valence-corrected chi connectivity index (χ0v) is 12.3. The first kappa shape index (κ1) is 16.3. The number of carbonyl (C=O) groups excluding carboxylic acids is 1. The van der Waals surface area contributed by atoms with Gasteiger partial charge in [0.15, 0.2) is 0 Å². The van der Waals surface area contributed by atoms with E-state index in [0.717, 1.165) is 6.08 Å². The lowest BCUT2D eigenvalue weighted by molar-refractivity contribution is -0.131. The highest BCUT2D eigenvalue weighted by atomic mass is 32.2. The van der Waals surface area contributed by atoms with Gasteiger partial charge in [0.1, 0.15) is 0 Å². The number of carboxylic acids is 1. The van der Waals surface area contributed by atoms with Crippen LogP contribution < -0.4 is 10.0 Å². The third-order valence-electron chi connectivity index (χ3n) is 2.24. The molecule has 1 aromatic heterocycles. The maximum Gasteiger partial charge on any atom is 0.328 e. The van der Waals surface area contributed by atoms with Crippen molar-refractivity contribution in [2.75, 3.05) is 19.3 Å². The van der Waals surface area contributed by atoms with Crippen LogP contribution in [0.2, 0.25) is 0 Å².